The Labute approximate surface area is 162 Å². The predicted molar refractivity (Wildman–Crippen MR) is 109 cm³/mol. The van der Waals surface area contributed by atoms with E-state index in [2.05, 4.69) is 14.9 Å². The number of carbonyl (C=O) groups is 1. The number of pyridine rings is 1. The van der Waals surface area contributed by atoms with Gasteiger partial charge in [-0.05, 0) is 42.5 Å². The monoisotopic (exact) mass is 372 g/mol. The van der Waals surface area contributed by atoms with E-state index in [1.807, 2.05) is 54.6 Å². The van der Waals surface area contributed by atoms with Gasteiger partial charge in [-0.25, -0.2) is 9.78 Å². The van der Waals surface area contributed by atoms with E-state index in [0.29, 0.717) is 12.1 Å². The zero-order valence-electron chi connectivity index (χ0n) is 15.5. The third kappa shape index (κ3) is 3.71. The maximum Gasteiger partial charge on any atom is 0.337 e. The maximum atomic E-state index is 11.9. The van der Waals surface area contributed by atoms with Crippen molar-refractivity contribution >= 4 is 28.6 Å². The predicted octanol–water partition coefficient (Wildman–Crippen LogP) is 4.20. The first-order valence-corrected chi connectivity index (χ1v) is 9.05. The quantitative estimate of drug-likeness (QED) is 0.514. The Morgan fingerprint density at radius 2 is 1.89 bits per heavy atom. The first kappa shape index (κ1) is 17.7. The van der Waals surface area contributed by atoms with Gasteiger partial charge in [-0.15, -0.1) is 0 Å². The largest absolute Gasteiger partial charge is 0.465 e. The Bertz CT molecular complexity index is 1090. The molecule has 0 aliphatic heterocycles. The number of rotatable bonds is 6. The van der Waals surface area contributed by atoms with Gasteiger partial charge >= 0.3 is 5.97 Å². The van der Waals surface area contributed by atoms with Gasteiger partial charge in [-0.1, -0.05) is 24.3 Å². The summed E-state index contributed by atoms with van der Waals surface area (Å²) in [5.41, 5.74) is 4.13. The molecule has 1 N–H and O–H groups in total. The van der Waals surface area contributed by atoms with Gasteiger partial charge in [0.1, 0.15) is 0 Å². The summed E-state index contributed by atoms with van der Waals surface area (Å²) in [6.45, 7) is 0.709. The van der Waals surface area contributed by atoms with Crippen LogP contribution in [-0.4, -0.2) is 27.6 Å². The van der Waals surface area contributed by atoms with Crippen LogP contribution in [0.1, 0.15) is 16.1 Å². The molecule has 4 aromatic rings. The number of nitrogens with one attached hydrogen (secondary N) is 1. The van der Waals surface area contributed by atoms with Crippen LogP contribution in [0.15, 0.2) is 72.9 Å². The lowest BCUT2D eigenvalue weighted by Crippen LogP contribution is -2.07. The summed E-state index contributed by atoms with van der Waals surface area (Å²) >= 11 is 0. The number of hydrogen-bond donors (Lipinski definition) is 1. The van der Waals surface area contributed by atoms with Gasteiger partial charge in [0.2, 0.25) is 5.95 Å². The van der Waals surface area contributed by atoms with E-state index in [-0.39, 0.29) is 5.97 Å². The molecule has 6 heteroatoms. The van der Waals surface area contributed by atoms with Crippen molar-refractivity contribution in [1.29, 1.82) is 0 Å². The first-order valence-electron chi connectivity index (χ1n) is 9.05. The van der Waals surface area contributed by atoms with E-state index in [1.165, 1.54) is 7.11 Å². The van der Waals surface area contributed by atoms with Gasteiger partial charge < -0.3 is 14.6 Å². The second-order valence-corrected chi connectivity index (χ2v) is 6.34. The normalized spacial score (nSPS) is 10.8. The zero-order chi connectivity index (χ0) is 19.3. The SMILES string of the molecule is COC(=O)c1ccc2c(c1)nc(Nc1ccccc1)n2CCc1ccccn1. The molecule has 0 aliphatic rings. The number of fused-ring (bicyclic) bond motifs is 1. The van der Waals surface area contributed by atoms with E-state index in [9.17, 15) is 4.79 Å². The number of benzene rings is 2. The number of imidazole rings is 1. The fourth-order valence-corrected chi connectivity index (χ4v) is 3.12. The molecule has 0 amide bonds. The van der Waals surface area contributed by atoms with Crippen molar-refractivity contribution in [2.24, 2.45) is 0 Å². The molecule has 0 radical (unpaired) electrons. The Kier molecular flexibility index (Phi) is 5.01. The molecule has 0 aliphatic carbocycles. The molecule has 0 spiro atoms. The molecule has 140 valence electrons. The van der Waals surface area contributed by atoms with Crippen molar-refractivity contribution in [2.45, 2.75) is 13.0 Å². The molecule has 0 saturated heterocycles. The van der Waals surface area contributed by atoms with Crippen LogP contribution in [0.5, 0.6) is 0 Å². The lowest BCUT2D eigenvalue weighted by molar-refractivity contribution is 0.0601. The standard InChI is InChI=1S/C22H20N4O2/c1-28-21(27)16-10-11-20-19(15-16)25-22(24-18-8-3-2-4-9-18)26(20)14-12-17-7-5-6-13-23-17/h2-11,13,15H,12,14H2,1H3,(H,24,25). The number of methoxy groups -OCH3 is 1. The highest BCUT2D eigenvalue weighted by Gasteiger charge is 2.14. The molecule has 28 heavy (non-hydrogen) atoms. The molecular weight excluding hydrogens is 352 g/mol. The Morgan fingerprint density at radius 3 is 2.64 bits per heavy atom. The van der Waals surface area contributed by atoms with Gasteiger partial charge in [0.25, 0.3) is 0 Å². The number of para-hydroxylation sites is 1. The van der Waals surface area contributed by atoms with E-state index < -0.39 is 0 Å². The summed E-state index contributed by atoms with van der Waals surface area (Å²) in [5.74, 6) is 0.349. The second kappa shape index (κ2) is 7.92. The van der Waals surface area contributed by atoms with E-state index in [4.69, 9.17) is 9.72 Å². The topological polar surface area (TPSA) is 69.0 Å². The Morgan fingerprint density at radius 1 is 1.07 bits per heavy atom. The lowest BCUT2D eigenvalue weighted by Gasteiger charge is -2.11. The van der Waals surface area contributed by atoms with Gasteiger partial charge in [0.15, 0.2) is 0 Å². The highest BCUT2D eigenvalue weighted by atomic mass is 16.5. The van der Waals surface area contributed by atoms with Gasteiger partial charge in [0, 0.05) is 30.5 Å². The number of esters is 1. The van der Waals surface area contributed by atoms with Crippen molar-refractivity contribution in [3.63, 3.8) is 0 Å². The van der Waals surface area contributed by atoms with E-state index >= 15 is 0 Å². The molecule has 2 heterocycles. The number of ether oxygens (including phenoxy) is 1. The molecule has 2 aromatic carbocycles. The van der Waals surface area contributed by atoms with Gasteiger partial charge in [-0.2, -0.15) is 0 Å². The minimum Gasteiger partial charge on any atom is -0.465 e. The molecule has 0 unspecified atom stereocenters. The van der Waals surface area contributed by atoms with Crippen LogP contribution >= 0.6 is 0 Å². The number of carbonyl (C=O) groups excluding carboxylic acids is 1. The summed E-state index contributed by atoms with van der Waals surface area (Å²) in [7, 11) is 1.38. The van der Waals surface area contributed by atoms with Crippen LogP contribution in [-0.2, 0) is 17.7 Å². The minimum absolute atomic E-state index is 0.373. The first-order chi connectivity index (χ1) is 13.7. The van der Waals surface area contributed by atoms with E-state index in [1.54, 1.807) is 18.3 Å². The molecule has 4 rings (SSSR count). The molecule has 0 saturated carbocycles. The van der Waals surface area contributed by atoms with Crippen LogP contribution < -0.4 is 5.32 Å². The van der Waals surface area contributed by atoms with Crippen molar-refractivity contribution in [1.82, 2.24) is 14.5 Å². The highest BCUT2D eigenvalue weighted by Crippen LogP contribution is 2.24. The average Bonchev–Trinajstić information content (AvgIpc) is 3.09. The number of aryl methyl sites for hydroxylation is 2. The third-order valence-electron chi connectivity index (χ3n) is 4.52. The summed E-state index contributed by atoms with van der Waals surface area (Å²) in [4.78, 5) is 21.0. The fourth-order valence-electron chi connectivity index (χ4n) is 3.12. The summed E-state index contributed by atoms with van der Waals surface area (Å²) in [6, 6.07) is 21.2. The van der Waals surface area contributed by atoms with Crippen LogP contribution in [0.25, 0.3) is 11.0 Å². The maximum absolute atomic E-state index is 11.9. The van der Waals surface area contributed by atoms with Crippen LogP contribution in [0.2, 0.25) is 0 Å². The van der Waals surface area contributed by atoms with Gasteiger partial charge in [-0.3, -0.25) is 4.98 Å². The number of hydrogen-bond acceptors (Lipinski definition) is 5. The molecule has 0 atom stereocenters. The van der Waals surface area contributed by atoms with Crippen LogP contribution in [0.4, 0.5) is 11.6 Å². The molecule has 0 fully saturated rings. The smallest absolute Gasteiger partial charge is 0.337 e. The van der Waals surface area contributed by atoms with Gasteiger partial charge in [0.05, 0.1) is 23.7 Å². The van der Waals surface area contributed by atoms with Crippen molar-refractivity contribution < 1.29 is 9.53 Å². The van der Waals surface area contributed by atoms with Crippen LogP contribution in [0.3, 0.4) is 0 Å². The van der Waals surface area contributed by atoms with Crippen LogP contribution in [0, 0.1) is 0 Å². The minimum atomic E-state index is -0.373. The second-order valence-electron chi connectivity index (χ2n) is 6.34. The highest BCUT2D eigenvalue weighted by molar-refractivity contribution is 5.94. The fraction of sp³-hybridized carbons (Fsp3) is 0.136. The van der Waals surface area contributed by atoms with Crippen molar-refractivity contribution in [2.75, 3.05) is 12.4 Å². The number of aromatic nitrogens is 3. The molecule has 6 nitrogen and oxygen atoms in total. The van der Waals surface area contributed by atoms with Crippen molar-refractivity contribution in [3.8, 4) is 0 Å². The van der Waals surface area contributed by atoms with Crippen molar-refractivity contribution in [3.05, 3.63) is 84.2 Å². The van der Waals surface area contributed by atoms with E-state index in [0.717, 1.165) is 34.8 Å². The lowest BCUT2D eigenvalue weighted by atomic mass is 10.2. The zero-order valence-corrected chi connectivity index (χ0v) is 15.5. The molecule has 0 bridgehead atoms. The molecule has 2 aromatic heterocycles. The third-order valence-corrected chi connectivity index (χ3v) is 4.52. The summed E-state index contributed by atoms with van der Waals surface area (Å²) in [6.07, 6.45) is 2.57. The average molecular weight is 372 g/mol. The number of nitrogens with zero attached hydrogens (tertiary/aromatic N) is 3. The number of anilines is 2. The summed E-state index contributed by atoms with van der Waals surface area (Å²) in [5, 5.41) is 3.38. The molecular formula is C22H20N4O2. The Hall–Kier alpha value is -3.67. The summed E-state index contributed by atoms with van der Waals surface area (Å²) < 4.78 is 6.94. The Balaban J connectivity index is 1.72.